The maximum atomic E-state index is 13.5. The van der Waals surface area contributed by atoms with Crippen LogP contribution in [0.2, 0.25) is 0 Å². The van der Waals surface area contributed by atoms with Gasteiger partial charge in [0, 0.05) is 18.5 Å². The summed E-state index contributed by atoms with van der Waals surface area (Å²) in [4.78, 5) is 35.7. The highest BCUT2D eigenvalue weighted by Gasteiger charge is 2.16. The molecule has 0 bridgehead atoms. The van der Waals surface area contributed by atoms with Gasteiger partial charge in [-0.3, -0.25) is 14.4 Å². The molecule has 0 aliphatic rings. The summed E-state index contributed by atoms with van der Waals surface area (Å²) >= 11 is 0. The SMILES string of the molecule is CC(C)(C)c1ccc(C(=O)NCCC(=O)NCC(=O)Nc2ccc(F)c(F)c2F)cc1. The minimum absolute atomic E-state index is 0.0317. The molecule has 2 aromatic carbocycles. The average Bonchev–Trinajstić information content (AvgIpc) is 2.72. The fourth-order valence-electron chi connectivity index (χ4n) is 2.60. The van der Waals surface area contributed by atoms with Gasteiger partial charge < -0.3 is 16.0 Å². The topological polar surface area (TPSA) is 87.3 Å². The molecule has 3 N–H and O–H groups in total. The summed E-state index contributed by atoms with van der Waals surface area (Å²) in [5, 5.41) is 6.94. The third kappa shape index (κ3) is 6.84. The first-order valence-corrected chi connectivity index (χ1v) is 9.58. The van der Waals surface area contributed by atoms with Gasteiger partial charge in [0.2, 0.25) is 11.8 Å². The summed E-state index contributed by atoms with van der Waals surface area (Å²) in [5.41, 5.74) is 0.977. The molecule has 0 radical (unpaired) electrons. The molecule has 6 nitrogen and oxygen atoms in total. The van der Waals surface area contributed by atoms with Crippen LogP contribution < -0.4 is 16.0 Å². The molecule has 0 saturated heterocycles. The number of amides is 3. The van der Waals surface area contributed by atoms with Gasteiger partial charge in [-0.15, -0.1) is 0 Å². The Bertz CT molecular complexity index is 970. The molecule has 2 rings (SSSR count). The van der Waals surface area contributed by atoms with Crippen molar-refractivity contribution in [3.63, 3.8) is 0 Å². The van der Waals surface area contributed by atoms with E-state index in [-0.39, 0.29) is 24.3 Å². The summed E-state index contributed by atoms with van der Waals surface area (Å²) in [7, 11) is 0. The molecule has 0 fully saturated rings. The Balaban J connectivity index is 1.74. The monoisotopic (exact) mass is 435 g/mol. The van der Waals surface area contributed by atoms with E-state index in [2.05, 4.69) is 31.4 Å². The molecule has 0 aromatic heterocycles. The highest BCUT2D eigenvalue weighted by Crippen LogP contribution is 2.22. The van der Waals surface area contributed by atoms with Crippen LogP contribution in [0.15, 0.2) is 36.4 Å². The molecular formula is C22H24F3N3O3. The van der Waals surface area contributed by atoms with E-state index < -0.39 is 41.5 Å². The average molecular weight is 435 g/mol. The van der Waals surface area contributed by atoms with E-state index in [0.29, 0.717) is 11.6 Å². The highest BCUT2D eigenvalue weighted by atomic mass is 19.2. The first-order valence-electron chi connectivity index (χ1n) is 9.58. The van der Waals surface area contributed by atoms with Crippen molar-refractivity contribution in [1.29, 1.82) is 0 Å². The van der Waals surface area contributed by atoms with Crippen LogP contribution >= 0.6 is 0 Å². The lowest BCUT2D eigenvalue weighted by Gasteiger charge is -2.19. The lowest BCUT2D eigenvalue weighted by Crippen LogP contribution is -2.35. The summed E-state index contributed by atoms with van der Waals surface area (Å²) in [6.45, 7) is 5.74. The van der Waals surface area contributed by atoms with Crippen LogP contribution in [0.4, 0.5) is 18.9 Å². The lowest BCUT2D eigenvalue weighted by molar-refractivity contribution is -0.124. The molecule has 31 heavy (non-hydrogen) atoms. The Morgan fingerprint density at radius 2 is 1.48 bits per heavy atom. The highest BCUT2D eigenvalue weighted by molar-refractivity contribution is 5.95. The zero-order chi connectivity index (χ0) is 23.2. The number of carbonyl (C=O) groups excluding carboxylic acids is 3. The molecule has 0 aliphatic carbocycles. The molecule has 2 aromatic rings. The van der Waals surface area contributed by atoms with Gasteiger partial charge in [-0.25, -0.2) is 13.2 Å². The van der Waals surface area contributed by atoms with E-state index in [0.717, 1.165) is 11.6 Å². The number of benzene rings is 2. The van der Waals surface area contributed by atoms with Crippen molar-refractivity contribution in [2.45, 2.75) is 32.6 Å². The van der Waals surface area contributed by atoms with Crippen LogP contribution in [0.25, 0.3) is 0 Å². The number of hydrogen-bond donors (Lipinski definition) is 3. The molecule has 0 heterocycles. The first-order chi connectivity index (χ1) is 14.5. The zero-order valence-electron chi connectivity index (χ0n) is 17.4. The molecule has 9 heteroatoms. The largest absolute Gasteiger partial charge is 0.352 e. The lowest BCUT2D eigenvalue weighted by atomic mass is 9.87. The van der Waals surface area contributed by atoms with E-state index in [4.69, 9.17) is 0 Å². The van der Waals surface area contributed by atoms with Gasteiger partial charge >= 0.3 is 0 Å². The van der Waals surface area contributed by atoms with E-state index >= 15 is 0 Å². The van der Waals surface area contributed by atoms with E-state index in [1.165, 1.54) is 0 Å². The van der Waals surface area contributed by atoms with Gasteiger partial charge in [0.15, 0.2) is 17.5 Å². The van der Waals surface area contributed by atoms with E-state index in [9.17, 15) is 27.6 Å². The van der Waals surface area contributed by atoms with E-state index in [1.54, 1.807) is 12.1 Å². The molecule has 0 atom stereocenters. The number of halogens is 3. The maximum absolute atomic E-state index is 13.5. The Labute approximate surface area is 178 Å². The van der Waals surface area contributed by atoms with Crippen molar-refractivity contribution in [2.75, 3.05) is 18.4 Å². The third-order valence-corrected chi connectivity index (χ3v) is 4.41. The molecular weight excluding hydrogens is 411 g/mol. The summed E-state index contributed by atoms with van der Waals surface area (Å²) < 4.78 is 39.6. The second-order valence-electron chi connectivity index (χ2n) is 7.88. The van der Waals surface area contributed by atoms with Gasteiger partial charge in [-0.05, 0) is 35.2 Å². The van der Waals surface area contributed by atoms with Crippen LogP contribution in [0.1, 0.15) is 43.1 Å². The third-order valence-electron chi connectivity index (χ3n) is 4.41. The second-order valence-corrected chi connectivity index (χ2v) is 7.88. The zero-order valence-corrected chi connectivity index (χ0v) is 17.4. The van der Waals surface area contributed by atoms with Gasteiger partial charge in [-0.1, -0.05) is 32.9 Å². The fraction of sp³-hybridized carbons (Fsp3) is 0.318. The van der Waals surface area contributed by atoms with Crippen LogP contribution in [-0.2, 0) is 15.0 Å². The van der Waals surface area contributed by atoms with Crippen molar-refractivity contribution >= 4 is 23.4 Å². The van der Waals surface area contributed by atoms with Crippen molar-refractivity contribution in [1.82, 2.24) is 10.6 Å². The van der Waals surface area contributed by atoms with Crippen molar-refractivity contribution < 1.29 is 27.6 Å². The number of hydrogen-bond acceptors (Lipinski definition) is 3. The number of nitrogens with one attached hydrogen (secondary N) is 3. The minimum Gasteiger partial charge on any atom is -0.352 e. The minimum atomic E-state index is -1.70. The number of rotatable bonds is 7. The van der Waals surface area contributed by atoms with Crippen LogP contribution in [0, 0.1) is 17.5 Å². The first kappa shape index (κ1) is 23.9. The number of carbonyl (C=O) groups is 3. The van der Waals surface area contributed by atoms with Gasteiger partial charge in [0.25, 0.3) is 5.91 Å². The van der Waals surface area contributed by atoms with E-state index in [1.807, 2.05) is 17.4 Å². The molecule has 0 unspecified atom stereocenters. The summed E-state index contributed by atoms with van der Waals surface area (Å²) in [5.74, 6) is -6.29. The standard InChI is InChI=1S/C22H24F3N3O3/c1-22(2,3)14-6-4-13(5-7-14)21(31)26-11-10-17(29)27-12-18(30)28-16-9-8-15(23)19(24)20(16)25/h4-9H,10-12H2,1-3H3,(H,26,31)(H,27,29)(H,28,30). The van der Waals surface area contributed by atoms with Crippen molar-refractivity contribution in [2.24, 2.45) is 0 Å². The van der Waals surface area contributed by atoms with Crippen molar-refractivity contribution in [3.8, 4) is 0 Å². The Kier molecular flexibility index (Phi) is 7.79. The Morgan fingerprint density at radius 3 is 2.10 bits per heavy atom. The second kappa shape index (κ2) is 10.1. The molecule has 0 saturated carbocycles. The summed E-state index contributed by atoms with van der Waals surface area (Å²) in [6, 6.07) is 8.70. The smallest absolute Gasteiger partial charge is 0.251 e. The summed E-state index contributed by atoms with van der Waals surface area (Å²) in [6.07, 6.45) is -0.0847. The Morgan fingerprint density at radius 1 is 0.839 bits per heavy atom. The van der Waals surface area contributed by atoms with Gasteiger partial charge in [0.1, 0.15) is 0 Å². The van der Waals surface area contributed by atoms with Crippen LogP contribution in [0.5, 0.6) is 0 Å². The van der Waals surface area contributed by atoms with Crippen molar-refractivity contribution in [3.05, 3.63) is 65.0 Å². The van der Waals surface area contributed by atoms with Crippen LogP contribution in [0.3, 0.4) is 0 Å². The molecule has 0 aliphatic heterocycles. The molecule has 166 valence electrons. The number of anilines is 1. The predicted octanol–water partition coefficient (Wildman–Crippen LogP) is 3.28. The fourth-order valence-corrected chi connectivity index (χ4v) is 2.60. The molecule has 3 amide bonds. The Hall–Kier alpha value is -3.36. The predicted molar refractivity (Wildman–Crippen MR) is 110 cm³/mol. The van der Waals surface area contributed by atoms with Gasteiger partial charge in [0.05, 0.1) is 12.2 Å². The van der Waals surface area contributed by atoms with Gasteiger partial charge in [-0.2, -0.15) is 0 Å². The molecule has 0 spiro atoms. The van der Waals surface area contributed by atoms with Crippen LogP contribution in [-0.4, -0.2) is 30.8 Å². The normalized spacial score (nSPS) is 11.0. The maximum Gasteiger partial charge on any atom is 0.251 e. The quantitative estimate of drug-likeness (QED) is 0.584.